The summed E-state index contributed by atoms with van der Waals surface area (Å²) in [5.74, 6) is -21.0. The minimum atomic E-state index is -5.83. The van der Waals surface area contributed by atoms with Crippen LogP contribution in [0.4, 0.5) is 70.2 Å². The molecule has 0 aliphatic carbocycles. The van der Waals surface area contributed by atoms with Gasteiger partial charge < -0.3 is 0 Å². The van der Waals surface area contributed by atoms with E-state index in [9.17, 15) is 70.2 Å². The standard InChI is InChI=1S/C14H3F11.C11H20F5N/c1-2-3(4-7(16)11(20)13(22)12(21)8(4)17)5(14(23,24)25)9(18)10(19)6(2)15;1-3-5-6-9(4-2)7-8-17-11(15,16)10(12,13)14/h1H3;9,17H,3-8H2,1-2H3. The van der Waals surface area contributed by atoms with E-state index in [0.29, 0.717) is 13.3 Å². The quantitative estimate of drug-likeness (QED) is 0.124. The van der Waals surface area contributed by atoms with Crippen LogP contribution in [0.15, 0.2) is 0 Å². The lowest BCUT2D eigenvalue weighted by Gasteiger charge is -2.22. The number of alkyl halides is 8. The van der Waals surface area contributed by atoms with E-state index in [2.05, 4.69) is 0 Å². The monoisotopic (exact) mass is 641 g/mol. The molecule has 0 spiro atoms. The second kappa shape index (κ2) is 14.2. The Labute approximate surface area is 228 Å². The summed E-state index contributed by atoms with van der Waals surface area (Å²) in [7, 11) is 0. The van der Waals surface area contributed by atoms with Gasteiger partial charge in [0.2, 0.25) is 5.82 Å². The maximum absolute atomic E-state index is 13.8. The predicted octanol–water partition coefficient (Wildman–Crippen LogP) is 10.1. The van der Waals surface area contributed by atoms with Crippen LogP contribution in [0, 0.1) is 59.4 Å². The lowest BCUT2D eigenvalue weighted by Crippen LogP contribution is -2.49. The largest absolute Gasteiger partial charge is 0.469 e. The van der Waals surface area contributed by atoms with Crippen molar-refractivity contribution in [3.8, 4) is 11.1 Å². The number of hydrogen-bond acceptors (Lipinski definition) is 1. The molecule has 0 saturated carbocycles. The molecule has 1 N–H and O–H groups in total. The van der Waals surface area contributed by atoms with Gasteiger partial charge in [0.15, 0.2) is 40.7 Å². The van der Waals surface area contributed by atoms with Crippen molar-refractivity contribution in [2.75, 3.05) is 6.54 Å². The number of benzene rings is 2. The Bertz CT molecular complexity index is 1200. The van der Waals surface area contributed by atoms with Gasteiger partial charge >= 0.3 is 18.4 Å². The average Bonchev–Trinajstić information content (AvgIpc) is 2.88. The first-order valence-corrected chi connectivity index (χ1v) is 12.0. The first-order chi connectivity index (χ1) is 19.1. The van der Waals surface area contributed by atoms with Crippen LogP contribution >= 0.6 is 0 Å². The molecule has 0 fully saturated rings. The summed E-state index contributed by atoms with van der Waals surface area (Å²) >= 11 is 0. The third-order valence-electron chi connectivity index (χ3n) is 6.10. The normalized spacial score (nSPS) is 13.2. The molecule has 1 atom stereocenters. The Morgan fingerprint density at radius 3 is 1.45 bits per heavy atom. The molecule has 2 aromatic carbocycles. The molecule has 0 bridgehead atoms. The first-order valence-electron chi connectivity index (χ1n) is 12.0. The van der Waals surface area contributed by atoms with Crippen molar-refractivity contribution in [3.63, 3.8) is 0 Å². The van der Waals surface area contributed by atoms with Gasteiger partial charge in [0.05, 0.1) is 5.56 Å². The fraction of sp³-hybridized carbons (Fsp3) is 0.520. The third kappa shape index (κ3) is 8.22. The number of rotatable bonds is 9. The van der Waals surface area contributed by atoms with Crippen molar-refractivity contribution in [3.05, 3.63) is 57.7 Å². The van der Waals surface area contributed by atoms with Gasteiger partial charge in [0.25, 0.3) is 0 Å². The van der Waals surface area contributed by atoms with Crippen LogP contribution in [0.3, 0.4) is 0 Å². The summed E-state index contributed by atoms with van der Waals surface area (Å²) in [5.41, 5.74) is -8.45. The summed E-state index contributed by atoms with van der Waals surface area (Å²) in [6.07, 6.45) is -7.33. The molecule has 0 heterocycles. The van der Waals surface area contributed by atoms with Crippen molar-refractivity contribution >= 4 is 0 Å². The fourth-order valence-corrected chi connectivity index (χ4v) is 3.76. The molecule has 17 heteroatoms. The highest BCUT2D eigenvalue weighted by molar-refractivity contribution is 5.73. The second-order valence-electron chi connectivity index (χ2n) is 8.96. The summed E-state index contributed by atoms with van der Waals surface area (Å²) in [6.45, 7) is 3.99. The number of halogens is 16. The smallest absolute Gasteiger partial charge is 0.250 e. The Kier molecular flexibility index (Phi) is 12.6. The van der Waals surface area contributed by atoms with Gasteiger partial charge in [-0.05, 0) is 24.8 Å². The molecule has 0 radical (unpaired) electrons. The lowest BCUT2D eigenvalue weighted by molar-refractivity contribution is -0.295. The molecule has 2 rings (SSSR count). The summed E-state index contributed by atoms with van der Waals surface area (Å²) in [6, 6.07) is -4.78. The zero-order chi connectivity index (χ0) is 33.0. The number of unbranched alkanes of at least 4 members (excludes halogenated alkanes) is 1. The molecule has 0 amide bonds. The van der Waals surface area contributed by atoms with E-state index in [-0.39, 0.29) is 12.5 Å². The van der Waals surface area contributed by atoms with Crippen molar-refractivity contribution in [1.82, 2.24) is 5.32 Å². The zero-order valence-electron chi connectivity index (χ0n) is 21.9. The zero-order valence-corrected chi connectivity index (χ0v) is 21.9. The molecule has 0 aliphatic heterocycles. The van der Waals surface area contributed by atoms with E-state index < -0.39 is 87.2 Å². The molecular formula is C25H23F16N. The van der Waals surface area contributed by atoms with Crippen LogP contribution in [-0.4, -0.2) is 18.8 Å². The summed E-state index contributed by atoms with van der Waals surface area (Å²) in [5, 5.41) is 1.28. The fourth-order valence-electron chi connectivity index (χ4n) is 3.76. The molecular weight excluding hydrogens is 618 g/mol. The lowest BCUT2D eigenvalue weighted by atomic mass is 9.92. The number of nitrogens with one attached hydrogen (secondary N) is 1. The molecule has 0 aromatic heterocycles. The SMILES string of the molecule is CCCCC(CC)CCNC(F)(F)C(F)(F)F.Cc1c(F)c(F)c(F)c(C(F)(F)F)c1-c1c(F)c(F)c(F)c(F)c1F. The second-order valence-corrected chi connectivity index (χ2v) is 8.96. The van der Waals surface area contributed by atoms with Crippen LogP contribution in [0.25, 0.3) is 11.1 Å². The van der Waals surface area contributed by atoms with E-state index in [1.54, 1.807) is 0 Å². The van der Waals surface area contributed by atoms with Crippen molar-refractivity contribution in [2.24, 2.45) is 5.92 Å². The van der Waals surface area contributed by atoms with Gasteiger partial charge in [-0.2, -0.15) is 35.1 Å². The average molecular weight is 641 g/mol. The molecule has 0 saturated heterocycles. The predicted molar refractivity (Wildman–Crippen MR) is 118 cm³/mol. The topological polar surface area (TPSA) is 12.0 Å². The highest BCUT2D eigenvalue weighted by atomic mass is 19.4. The summed E-state index contributed by atoms with van der Waals surface area (Å²) < 4.78 is 207. The Hall–Kier alpha value is -2.72. The Balaban J connectivity index is 0.000000456. The molecule has 42 heavy (non-hydrogen) atoms. The van der Waals surface area contributed by atoms with Crippen molar-refractivity contribution < 1.29 is 70.2 Å². The third-order valence-corrected chi connectivity index (χ3v) is 6.10. The maximum atomic E-state index is 13.8. The van der Waals surface area contributed by atoms with Crippen LogP contribution in [0.5, 0.6) is 0 Å². The Morgan fingerprint density at radius 2 is 1.05 bits per heavy atom. The van der Waals surface area contributed by atoms with Crippen LogP contribution in [0.1, 0.15) is 57.1 Å². The van der Waals surface area contributed by atoms with Gasteiger partial charge in [-0.25, -0.2) is 35.1 Å². The van der Waals surface area contributed by atoms with Gasteiger partial charge in [-0.1, -0.05) is 39.5 Å². The van der Waals surface area contributed by atoms with E-state index >= 15 is 0 Å². The van der Waals surface area contributed by atoms with E-state index in [1.807, 2.05) is 13.8 Å². The van der Waals surface area contributed by atoms with E-state index in [4.69, 9.17) is 0 Å². The van der Waals surface area contributed by atoms with Gasteiger partial charge in [-0.15, -0.1) is 0 Å². The van der Waals surface area contributed by atoms with Crippen LogP contribution in [-0.2, 0) is 6.18 Å². The van der Waals surface area contributed by atoms with Crippen LogP contribution < -0.4 is 5.32 Å². The number of hydrogen-bond donors (Lipinski definition) is 1. The highest BCUT2D eigenvalue weighted by Crippen LogP contribution is 2.45. The summed E-state index contributed by atoms with van der Waals surface area (Å²) in [4.78, 5) is 0. The molecule has 2 aromatic rings. The molecule has 1 unspecified atom stereocenters. The highest BCUT2D eigenvalue weighted by Gasteiger charge is 2.57. The van der Waals surface area contributed by atoms with Gasteiger partial charge in [-0.3, -0.25) is 5.32 Å². The molecule has 1 nitrogen and oxygen atoms in total. The van der Waals surface area contributed by atoms with E-state index in [1.165, 1.54) is 5.32 Å². The van der Waals surface area contributed by atoms with Crippen LogP contribution in [0.2, 0.25) is 0 Å². The van der Waals surface area contributed by atoms with Crippen molar-refractivity contribution in [2.45, 2.75) is 71.3 Å². The van der Waals surface area contributed by atoms with Crippen molar-refractivity contribution in [1.29, 1.82) is 0 Å². The Morgan fingerprint density at radius 1 is 0.595 bits per heavy atom. The first kappa shape index (κ1) is 37.3. The minimum Gasteiger partial charge on any atom is -0.250 e. The maximum Gasteiger partial charge on any atom is 0.469 e. The van der Waals surface area contributed by atoms with E-state index in [0.717, 1.165) is 25.7 Å². The van der Waals surface area contributed by atoms with Gasteiger partial charge in [0, 0.05) is 12.1 Å². The molecule has 0 aliphatic rings. The minimum absolute atomic E-state index is 0.214. The van der Waals surface area contributed by atoms with Gasteiger partial charge in [0.1, 0.15) is 5.56 Å². The molecule has 240 valence electrons.